The van der Waals surface area contributed by atoms with Crippen LogP contribution in [0.1, 0.15) is 37.7 Å². The van der Waals surface area contributed by atoms with E-state index in [1.807, 2.05) is 18.2 Å². The molecule has 24 heavy (non-hydrogen) atoms. The molecule has 5 nitrogen and oxygen atoms in total. The fourth-order valence-corrected chi connectivity index (χ4v) is 3.87. The van der Waals surface area contributed by atoms with Gasteiger partial charge in [0.2, 0.25) is 5.91 Å². The lowest BCUT2D eigenvalue weighted by Gasteiger charge is -2.52. The maximum absolute atomic E-state index is 12.4. The second-order valence-corrected chi connectivity index (χ2v) is 6.81. The van der Waals surface area contributed by atoms with Crippen molar-refractivity contribution in [2.75, 3.05) is 27.4 Å². The molecule has 132 valence electrons. The molecule has 1 aromatic rings. The maximum Gasteiger partial charge on any atom is 0.220 e. The van der Waals surface area contributed by atoms with Gasteiger partial charge in [-0.2, -0.15) is 0 Å². The average molecular weight is 333 g/mol. The van der Waals surface area contributed by atoms with E-state index >= 15 is 0 Å². The van der Waals surface area contributed by atoms with Crippen LogP contribution in [0, 0.1) is 5.41 Å². The van der Waals surface area contributed by atoms with Gasteiger partial charge in [0.15, 0.2) is 0 Å². The van der Waals surface area contributed by atoms with Gasteiger partial charge in [-0.3, -0.25) is 4.79 Å². The van der Waals surface area contributed by atoms with Gasteiger partial charge in [0, 0.05) is 31.7 Å². The number of aryl methyl sites for hydroxylation is 1. The van der Waals surface area contributed by atoms with Crippen LogP contribution in [0.25, 0.3) is 0 Å². The molecule has 1 atom stereocenters. The van der Waals surface area contributed by atoms with Crippen molar-refractivity contribution in [3.8, 4) is 11.5 Å². The molecule has 1 unspecified atom stereocenters. The summed E-state index contributed by atoms with van der Waals surface area (Å²) in [5.41, 5.74) is 1.33. The lowest BCUT2D eigenvalue weighted by molar-refractivity contribution is -0.127. The molecule has 1 aliphatic heterocycles. The number of nitrogens with one attached hydrogen (secondary N) is 1. The van der Waals surface area contributed by atoms with Gasteiger partial charge in [-0.1, -0.05) is 6.07 Å². The predicted molar refractivity (Wildman–Crippen MR) is 91.5 cm³/mol. The number of methoxy groups -OCH3 is 2. The van der Waals surface area contributed by atoms with Crippen molar-refractivity contribution < 1.29 is 19.0 Å². The smallest absolute Gasteiger partial charge is 0.220 e. The molecule has 1 heterocycles. The topological polar surface area (TPSA) is 56.8 Å². The molecule has 1 spiro atoms. The summed E-state index contributed by atoms with van der Waals surface area (Å²) in [6.45, 7) is 1.66. The minimum absolute atomic E-state index is 0.128. The van der Waals surface area contributed by atoms with Gasteiger partial charge >= 0.3 is 0 Å². The average Bonchev–Trinajstić information content (AvgIpc) is 2.64. The summed E-state index contributed by atoms with van der Waals surface area (Å²) in [7, 11) is 3.27. The molecule has 1 saturated carbocycles. The highest BCUT2D eigenvalue weighted by atomic mass is 16.5. The highest BCUT2D eigenvalue weighted by Gasteiger charge is 2.47. The molecule has 0 aromatic heterocycles. The summed E-state index contributed by atoms with van der Waals surface area (Å²) in [6.07, 6.45) is 5.60. The largest absolute Gasteiger partial charge is 0.497 e. The number of amides is 1. The number of carbonyl (C=O) groups excluding carboxylic acids is 1. The molecule has 0 bridgehead atoms. The molecular formula is C19H27NO4. The van der Waals surface area contributed by atoms with Gasteiger partial charge in [0.1, 0.15) is 11.5 Å². The molecule has 2 fully saturated rings. The third-order valence-corrected chi connectivity index (χ3v) is 5.61. The van der Waals surface area contributed by atoms with Crippen LogP contribution in [0.15, 0.2) is 18.2 Å². The van der Waals surface area contributed by atoms with Crippen molar-refractivity contribution >= 4 is 5.91 Å². The van der Waals surface area contributed by atoms with E-state index in [1.165, 1.54) is 6.42 Å². The predicted octanol–water partition coefficient (Wildman–Crippen LogP) is 2.71. The van der Waals surface area contributed by atoms with E-state index in [1.54, 1.807) is 14.2 Å². The zero-order valence-electron chi connectivity index (χ0n) is 14.6. The molecule has 1 aromatic carbocycles. The fourth-order valence-electron chi connectivity index (χ4n) is 3.87. The number of ether oxygens (including phenoxy) is 3. The van der Waals surface area contributed by atoms with Gasteiger partial charge in [0.05, 0.1) is 14.2 Å². The minimum Gasteiger partial charge on any atom is -0.497 e. The first kappa shape index (κ1) is 17.1. The number of carbonyl (C=O) groups is 1. The number of hydrogen-bond donors (Lipinski definition) is 1. The molecular weight excluding hydrogens is 306 g/mol. The molecule has 1 amide bonds. The van der Waals surface area contributed by atoms with Crippen molar-refractivity contribution in [3.63, 3.8) is 0 Å². The van der Waals surface area contributed by atoms with Crippen molar-refractivity contribution in [3.05, 3.63) is 23.8 Å². The van der Waals surface area contributed by atoms with Crippen LogP contribution in [0.3, 0.4) is 0 Å². The molecule has 1 saturated heterocycles. The zero-order chi connectivity index (χ0) is 17.0. The molecule has 2 aliphatic rings. The Bertz CT molecular complexity index is 581. The first-order chi connectivity index (χ1) is 11.7. The summed E-state index contributed by atoms with van der Waals surface area (Å²) in [4.78, 5) is 12.4. The van der Waals surface area contributed by atoms with Crippen LogP contribution in [-0.4, -0.2) is 39.4 Å². The number of hydrogen-bond acceptors (Lipinski definition) is 4. The van der Waals surface area contributed by atoms with E-state index in [2.05, 4.69) is 5.32 Å². The number of rotatable bonds is 6. The van der Waals surface area contributed by atoms with Crippen LogP contribution in [0.4, 0.5) is 0 Å². The Labute approximate surface area is 143 Å². The molecule has 3 rings (SSSR count). The highest BCUT2D eigenvalue weighted by molar-refractivity contribution is 5.77. The van der Waals surface area contributed by atoms with Gasteiger partial charge in [0.25, 0.3) is 0 Å². The Morgan fingerprint density at radius 1 is 1.25 bits per heavy atom. The minimum atomic E-state index is 0.128. The van der Waals surface area contributed by atoms with E-state index in [-0.39, 0.29) is 5.91 Å². The van der Waals surface area contributed by atoms with E-state index in [0.29, 0.717) is 24.3 Å². The van der Waals surface area contributed by atoms with Gasteiger partial charge in [-0.25, -0.2) is 0 Å². The lowest BCUT2D eigenvalue weighted by Crippen LogP contribution is -2.57. The van der Waals surface area contributed by atoms with Crippen molar-refractivity contribution in [1.82, 2.24) is 5.32 Å². The summed E-state index contributed by atoms with van der Waals surface area (Å²) < 4.78 is 16.1. The Balaban J connectivity index is 1.52. The third kappa shape index (κ3) is 3.51. The van der Waals surface area contributed by atoms with E-state index < -0.39 is 0 Å². The first-order valence-electron chi connectivity index (χ1n) is 8.75. The summed E-state index contributed by atoms with van der Waals surface area (Å²) in [5.74, 6) is 1.66. The Morgan fingerprint density at radius 2 is 2.04 bits per heavy atom. The van der Waals surface area contributed by atoms with Crippen LogP contribution in [0.5, 0.6) is 11.5 Å². The van der Waals surface area contributed by atoms with Crippen molar-refractivity contribution in [1.29, 1.82) is 0 Å². The highest BCUT2D eigenvalue weighted by Crippen LogP contribution is 2.48. The fraction of sp³-hybridized carbons (Fsp3) is 0.632. The second-order valence-electron chi connectivity index (χ2n) is 6.81. The van der Waals surface area contributed by atoms with Gasteiger partial charge < -0.3 is 19.5 Å². The summed E-state index contributed by atoms with van der Waals surface area (Å²) in [5, 5.41) is 3.25. The standard InChI is InChI=1S/C19H27NO4/c1-22-15-5-3-14(16(13-15)23-2)4-6-18(21)20-17-7-8-19(17)9-11-24-12-10-19/h3,5,13,17H,4,6-12H2,1-2H3,(H,20,21). The SMILES string of the molecule is COc1ccc(CCC(=O)NC2CCC23CCOCC3)c(OC)c1. The second kappa shape index (κ2) is 7.43. The van der Waals surface area contributed by atoms with E-state index in [4.69, 9.17) is 14.2 Å². The van der Waals surface area contributed by atoms with Crippen LogP contribution >= 0.6 is 0 Å². The third-order valence-electron chi connectivity index (χ3n) is 5.61. The quantitative estimate of drug-likeness (QED) is 0.870. The molecule has 1 N–H and O–H groups in total. The molecule has 1 aliphatic carbocycles. The van der Waals surface area contributed by atoms with Crippen molar-refractivity contribution in [2.24, 2.45) is 5.41 Å². The zero-order valence-corrected chi connectivity index (χ0v) is 14.6. The van der Waals surface area contributed by atoms with Gasteiger partial charge in [-0.05, 0) is 49.1 Å². The van der Waals surface area contributed by atoms with E-state index in [9.17, 15) is 4.79 Å². The van der Waals surface area contributed by atoms with Crippen molar-refractivity contribution in [2.45, 2.75) is 44.6 Å². The number of benzene rings is 1. The Morgan fingerprint density at radius 3 is 2.67 bits per heavy atom. The van der Waals surface area contributed by atoms with Crippen LogP contribution in [0.2, 0.25) is 0 Å². The normalized spacial score (nSPS) is 21.8. The Kier molecular flexibility index (Phi) is 5.29. The molecule has 0 radical (unpaired) electrons. The monoisotopic (exact) mass is 333 g/mol. The van der Waals surface area contributed by atoms with Crippen LogP contribution in [-0.2, 0) is 16.0 Å². The van der Waals surface area contributed by atoms with Crippen LogP contribution < -0.4 is 14.8 Å². The van der Waals surface area contributed by atoms with Gasteiger partial charge in [-0.15, -0.1) is 0 Å². The maximum atomic E-state index is 12.4. The first-order valence-corrected chi connectivity index (χ1v) is 8.75. The Hall–Kier alpha value is -1.75. The summed E-state index contributed by atoms with van der Waals surface area (Å²) >= 11 is 0. The van der Waals surface area contributed by atoms with E-state index in [0.717, 1.165) is 49.5 Å². The summed E-state index contributed by atoms with van der Waals surface area (Å²) in [6, 6.07) is 6.05. The lowest BCUT2D eigenvalue weighted by atomic mass is 9.60. The molecule has 5 heteroatoms.